The van der Waals surface area contributed by atoms with E-state index in [0.29, 0.717) is 11.3 Å². The Bertz CT molecular complexity index is 479. The first-order valence-electron chi connectivity index (χ1n) is 6.91. The standard InChI is InChI=1S/C15H19F2NO2/c1-10(2)20-13-7-12(8-18-9-13)14(19)11-3-5-15(16,17)6-4-11/h7-11H,3-6H2,1-2H3. The molecule has 20 heavy (non-hydrogen) atoms. The molecular weight excluding hydrogens is 264 g/mol. The molecule has 110 valence electrons. The van der Waals surface area contributed by atoms with E-state index in [-0.39, 0.29) is 43.5 Å². The van der Waals surface area contributed by atoms with E-state index in [1.54, 1.807) is 12.3 Å². The number of aromatic nitrogens is 1. The van der Waals surface area contributed by atoms with Gasteiger partial charge in [-0.05, 0) is 32.8 Å². The zero-order valence-corrected chi connectivity index (χ0v) is 11.7. The maximum Gasteiger partial charge on any atom is 0.248 e. The second-order valence-electron chi connectivity index (χ2n) is 5.57. The lowest BCUT2D eigenvalue weighted by Gasteiger charge is -2.27. The molecule has 5 heteroatoms. The van der Waals surface area contributed by atoms with Gasteiger partial charge in [0.05, 0.1) is 12.3 Å². The first-order chi connectivity index (χ1) is 9.37. The Labute approximate surface area is 117 Å². The fourth-order valence-corrected chi connectivity index (χ4v) is 2.43. The Morgan fingerprint density at radius 2 is 2.00 bits per heavy atom. The smallest absolute Gasteiger partial charge is 0.248 e. The summed E-state index contributed by atoms with van der Waals surface area (Å²) in [6.45, 7) is 3.77. The van der Waals surface area contributed by atoms with E-state index >= 15 is 0 Å². The number of alkyl halides is 2. The molecule has 0 aliphatic heterocycles. The fourth-order valence-electron chi connectivity index (χ4n) is 2.43. The molecule has 1 heterocycles. The Balaban J connectivity index is 2.06. The van der Waals surface area contributed by atoms with E-state index < -0.39 is 5.92 Å². The lowest BCUT2D eigenvalue weighted by Crippen LogP contribution is -2.28. The first-order valence-corrected chi connectivity index (χ1v) is 6.91. The monoisotopic (exact) mass is 283 g/mol. The molecule has 1 aromatic rings. The average Bonchev–Trinajstić information content (AvgIpc) is 2.37. The van der Waals surface area contributed by atoms with E-state index in [0.717, 1.165) is 0 Å². The molecule has 0 unspecified atom stereocenters. The number of carbonyl (C=O) groups is 1. The third kappa shape index (κ3) is 3.74. The Hall–Kier alpha value is -1.52. The van der Waals surface area contributed by atoms with Crippen LogP contribution >= 0.6 is 0 Å². The van der Waals surface area contributed by atoms with Crippen molar-refractivity contribution in [1.82, 2.24) is 4.98 Å². The van der Waals surface area contributed by atoms with Crippen LogP contribution in [0.2, 0.25) is 0 Å². The maximum atomic E-state index is 13.1. The lowest BCUT2D eigenvalue weighted by molar-refractivity contribution is -0.0424. The molecule has 1 aliphatic rings. The van der Waals surface area contributed by atoms with Gasteiger partial charge in [-0.15, -0.1) is 0 Å². The quantitative estimate of drug-likeness (QED) is 0.787. The van der Waals surface area contributed by atoms with E-state index in [4.69, 9.17) is 4.74 Å². The molecule has 0 bridgehead atoms. The van der Waals surface area contributed by atoms with Gasteiger partial charge in [0.15, 0.2) is 5.78 Å². The molecule has 0 radical (unpaired) electrons. The summed E-state index contributed by atoms with van der Waals surface area (Å²) in [6.07, 6.45) is 3.07. The maximum absolute atomic E-state index is 13.1. The third-order valence-corrected chi connectivity index (χ3v) is 3.46. The van der Waals surface area contributed by atoms with Crippen LogP contribution in [0.3, 0.4) is 0 Å². The van der Waals surface area contributed by atoms with Gasteiger partial charge in [-0.2, -0.15) is 0 Å². The summed E-state index contributed by atoms with van der Waals surface area (Å²) in [4.78, 5) is 16.3. The fraction of sp³-hybridized carbons (Fsp3) is 0.600. The molecule has 1 aromatic heterocycles. The number of halogens is 2. The first kappa shape index (κ1) is 14.9. The van der Waals surface area contributed by atoms with Crippen molar-refractivity contribution in [2.45, 2.75) is 51.6 Å². The average molecular weight is 283 g/mol. The number of Topliss-reactive ketones (excluding diaryl/α,β-unsaturated/α-hetero) is 1. The highest BCUT2D eigenvalue weighted by Gasteiger charge is 2.37. The van der Waals surface area contributed by atoms with Crippen molar-refractivity contribution in [3.05, 3.63) is 24.0 Å². The highest BCUT2D eigenvalue weighted by Crippen LogP contribution is 2.37. The summed E-state index contributed by atoms with van der Waals surface area (Å²) in [5.74, 6) is -2.52. The normalized spacial score (nSPS) is 19.1. The number of rotatable bonds is 4. The van der Waals surface area contributed by atoms with Crippen molar-refractivity contribution >= 4 is 5.78 Å². The number of hydrogen-bond donors (Lipinski definition) is 0. The highest BCUT2D eigenvalue weighted by molar-refractivity contribution is 5.97. The lowest BCUT2D eigenvalue weighted by atomic mass is 9.82. The van der Waals surface area contributed by atoms with Crippen LogP contribution in [0.5, 0.6) is 5.75 Å². The number of nitrogens with zero attached hydrogens (tertiary/aromatic N) is 1. The van der Waals surface area contributed by atoms with Crippen LogP contribution < -0.4 is 4.74 Å². The van der Waals surface area contributed by atoms with Crippen molar-refractivity contribution in [2.75, 3.05) is 0 Å². The van der Waals surface area contributed by atoms with Gasteiger partial charge < -0.3 is 4.74 Å². The minimum Gasteiger partial charge on any atom is -0.489 e. The summed E-state index contributed by atoms with van der Waals surface area (Å²) in [7, 11) is 0. The third-order valence-electron chi connectivity index (χ3n) is 3.46. The molecule has 2 rings (SSSR count). The van der Waals surface area contributed by atoms with E-state index in [9.17, 15) is 13.6 Å². The van der Waals surface area contributed by atoms with Crippen molar-refractivity contribution < 1.29 is 18.3 Å². The van der Waals surface area contributed by atoms with Gasteiger partial charge in [0.1, 0.15) is 5.75 Å². The molecule has 0 N–H and O–H groups in total. The van der Waals surface area contributed by atoms with Crippen LogP contribution in [0, 0.1) is 5.92 Å². The van der Waals surface area contributed by atoms with Gasteiger partial charge in [0.2, 0.25) is 5.92 Å². The number of ether oxygens (including phenoxy) is 1. The van der Waals surface area contributed by atoms with Gasteiger partial charge in [0.25, 0.3) is 0 Å². The SMILES string of the molecule is CC(C)Oc1cncc(C(=O)C2CCC(F)(F)CC2)c1. The van der Waals surface area contributed by atoms with Crippen molar-refractivity contribution in [3.8, 4) is 5.75 Å². The minimum atomic E-state index is -2.61. The number of carbonyl (C=O) groups excluding carboxylic acids is 1. The van der Waals surface area contributed by atoms with E-state index in [2.05, 4.69) is 4.98 Å². The molecule has 0 atom stereocenters. The molecule has 1 fully saturated rings. The van der Waals surface area contributed by atoms with Crippen LogP contribution in [0.4, 0.5) is 8.78 Å². The Kier molecular flexibility index (Phi) is 4.35. The summed E-state index contributed by atoms with van der Waals surface area (Å²) < 4.78 is 31.7. The van der Waals surface area contributed by atoms with Crippen LogP contribution in [-0.2, 0) is 0 Å². The van der Waals surface area contributed by atoms with Gasteiger partial charge in [0, 0.05) is 30.5 Å². The summed E-state index contributed by atoms with van der Waals surface area (Å²) in [5.41, 5.74) is 0.443. The van der Waals surface area contributed by atoms with Gasteiger partial charge >= 0.3 is 0 Å². The zero-order chi connectivity index (χ0) is 14.8. The van der Waals surface area contributed by atoms with Gasteiger partial charge in [-0.3, -0.25) is 9.78 Å². The summed E-state index contributed by atoms with van der Waals surface area (Å²) in [6, 6.07) is 1.64. The second-order valence-corrected chi connectivity index (χ2v) is 5.57. The number of hydrogen-bond acceptors (Lipinski definition) is 3. The summed E-state index contributed by atoms with van der Waals surface area (Å²) in [5, 5.41) is 0. The summed E-state index contributed by atoms with van der Waals surface area (Å²) >= 11 is 0. The van der Waals surface area contributed by atoms with Gasteiger partial charge in [-0.25, -0.2) is 8.78 Å². The molecule has 0 spiro atoms. The molecule has 0 aromatic carbocycles. The Morgan fingerprint density at radius 3 is 2.60 bits per heavy atom. The molecule has 0 saturated heterocycles. The Morgan fingerprint density at radius 1 is 1.35 bits per heavy atom. The minimum absolute atomic E-state index is 0.00414. The van der Waals surface area contributed by atoms with Crippen LogP contribution in [0.25, 0.3) is 0 Å². The number of pyridine rings is 1. The molecule has 1 saturated carbocycles. The van der Waals surface area contributed by atoms with E-state index in [1.807, 2.05) is 13.8 Å². The topological polar surface area (TPSA) is 39.2 Å². The van der Waals surface area contributed by atoms with Crippen LogP contribution in [0.15, 0.2) is 18.5 Å². The van der Waals surface area contributed by atoms with E-state index in [1.165, 1.54) is 6.20 Å². The molecule has 3 nitrogen and oxygen atoms in total. The molecule has 0 amide bonds. The zero-order valence-electron chi connectivity index (χ0n) is 11.7. The predicted molar refractivity (Wildman–Crippen MR) is 71.2 cm³/mol. The molecule has 1 aliphatic carbocycles. The highest BCUT2D eigenvalue weighted by atomic mass is 19.3. The second kappa shape index (κ2) is 5.85. The van der Waals surface area contributed by atoms with Crippen LogP contribution in [0.1, 0.15) is 49.9 Å². The van der Waals surface area contributed by atoms with Crippen LogP contribution in [-0.4, -0.2) is 22.8 Å². The van der Waals surface area contributed by atoms with Crippen molar-refractivity contribution in [1.29, 1.82) is 0 Å². The van der Waals surface area contributed by atoms with Crippen molar-refractivity contribution in [3.63, 3.8) is 0 Å². The molecular formula is C15H19F2NO2. The van der Waals surface area contributed by atoms with Gasteiger partial charge in [-0.1, -0.05) is 0 Å². The predicted octanol–water partition coefficient (Wildman–Crippen LogP) is 3.88. The van der Waals surface area contributed by atoms with Crippen molar-refractivity contribution in [2.24, 2.45) is 5.92 Å². The largest absolute Gasteiger partial charge is 0.489 e. The number of ketones is 1.